The van der Waals surface area contributed by atoms with Crippen LogP contribution >= 0.6 is 11.3 Å². The SMILES string of the molecule is CCc1cc(C)cc2sc(N)nc12. The van der Waals surface area contributed by atoms with Crippen molar-refractivity contribution in [1.82, 2.24) is 4.98 Å². The Morgan fingerprint density at radius 1 is 1.46 bits per heavy atom. The highest BCUT2D eigenvalue weighted by Crippen LogP contribution is 2.27. The Morgan fingerprint density at radius 2 is 2.23 bits per heavy atom. The molecule has 0 fully saturated rings. The van der Waals surface area contributed by atoms with Crippen LogP contribution in [0.15, 0.2) is 12.1 Å². The topological polar surface area (TPSA) is 38.9 Å². The summed E-state index contributed by atoms with van der Waals surface area (Å²) in [4.78, 5) is 4.32. The fourth-order valence-corrected chi connectivity index (χ4v) is 2.42. The summed E-state index contributed by atoms with van der Waals surface area (Å²) in [5, 5.41) is 0.662. The predicted molar refractivity (Wildman–Crippen MR) is 58.1 cm³/mol. The van der Waals surface area contributed by atoms with E-state index in [1.165, 1.54) is 15.8 Å². The van der Waals surface area contributed by atoms with E-state index in [2.05, 4.69) is 31.0 Å². The van der Waals surface area contributed by atoms with E-state index >= 15 is 0 Å². The first-order chi connectivity index (χ1) is 6.20. The average molecular weight is 192 g/mol. The molecule has 68 valence electrons. The van der Waals surface area contributed by atoms with Gasteiger partial charge in [0.1, 0.15) is 0 Å². The maximum Gasteiger partial charge on any atom is 0.181 e. The Balaban J connectivity index is 2.80. The minimum atomic E-state index is 0.662. The summed E-state index contributed by atoms with van der Waals surface area (Å²) in [5.74, 6) is 0. The van der Waals surface area contributed by atoms with Crippen molar-refractivity contribution in [3.8, 4) is 0 Å². The van der Waals surface area contributed by atoms with Gasteiger partial charge in [0.25, 0.3) is 0 Å². The Bertz CT molecular complexity index is 445. The summed E-state index contributed by atoms with van der Waals surface area (Å²) in [6.07, 6.45) is 1.02. The quantitative estimate of drug-likeness (QED) is 0.754. The molecule has 1 heterocycles. The van der Waals surface area contributed by atoms with E-state index in [0.717, 1.165) is 11.9 Å². The lowest BCUT2D eigenvalue weighted by Crippen LogP contribution is -1.85. The number of thiazole rings is 1. The van der Waals surface area contributed by atoms with Gasteiger partial charge < -0.3 is 5.73 Å². The number of hydrogen-bond donors (Lipinski definition) is 1. The van der Waals surface area contributed by atoms with Crippen LogP contribution in [-0.2, 0) is 6.42 Å². The Hall–Kier alpha value is -1.09. The number of aryl methyl sites for hydroxylation is 2. The van der Waals surface area contributed by atoms with E-state index in [1.807, 2.05) is 0 Å². The number of nitrogens with zero attached hydrogens (tertiary/aromatic N) is 1. The van der Waals surface area contributed by atoms with Crippen molar-refractivity contribution < 1.29 is 0 Å². The molecule has 0 amide bonds. The van der Waals surface area contributed by atoms with Crippen LogP contribution in [-0.4, -0.2) is 4.98 Å². The number of nitrogens with two attached hydrogens (primary N) is 1. The lowest BCUT2D eigenvalue weighted by atomic mass is 10.1. The summed E-state index contributed by atoms with van der Waals surface area (Å²) < 4.78 is 1.20. The zero-order chi connectivity index (χ0) is 9.42. The molecule has 2 aromatic rings. The van der Waals surface area contributed by atoms with E-state index in [1.54, 1.807) is 11.3 Å². The van der Waals surface area contributed by atoms with Gasteiger partial charge in [0.15, 0.2) is 5.13 Å². The smallest absolute Gasteiger partial charge is 0.181 e. The highest BCUT2D eigenvalue weighted by atomic mass is 32.1. The Labute approximate surface area is 81.4 Å². The van der Waals surface area contributed by atoms with Gasteiger partial charge in [-0.25, -0.2) is 4.98 Å². The maximum absolute atomic E-state index is 5.67. The largest absolute Gasteiger partial charge is 0.375 e. The van der Waals surface area contributed by atoms with Crippen molar-refractivity contribution in [3.63, 3.8) is 0 Å². The van der Waals surface area contributed by atoms with Crippen LogP contribution in [0.1, 0.15) is 18.1 Å². The van der Waals surface area contributed by atoms with Gasteiger partial charge in [0.05, 0.1) is 10.2 Å². The molecular formula is C10H12N2S. The molecular weight excluding hydrogens is 180 g/mol. The lowest BCUT2D eigenvalue weighted by molar-refractivity contribution is 1.14. The van der Waals surface area contributed by atoms with Gasteiger partial charge in [-0.3, -0.25) is 0 Å². The van der Waals surface area contributed by atoms with Crippen molar-refractivity contribution in [2.24, 2.45) is 0 Å². The number of hydrogen-bond acceptors (Lipinski definition) is 3. The highest BCUT2D eigenvalue weighted by Gasteiger charge is 2.05. The van der Waals surface area contributed by atoms with Crippen LogP contribution < -0.4 is 5.73 Å². The summed E-state index contributed by atoms with van der Waals surface area (Å²) in [7, 11) is 0. The molecule has 0 unspecified atom stereocenters. The molecule has 1 aromatic carbocycles. The molecule has 0 aliphatic heterocycles. The molecule has 0 bridgehead atoms. The molecule has 0 spiro atoms. The number of anilines is 1. The summed E-state index contributed by atoms with van der Waals surface area (Å²) in [6, 6.07) is 4.32. The first-order valence-corrected chi connectivity index (χ1v) is 5.18. The van der Waals surface area contributed by atoms with Crippen molar-refractivity contribution in [1.29, 1.82) is 0 Å². The van der Waals surface area contributed by atoms with Gasteiger partial charge in [0.2, 0.25) is 0 Å². The molecule has 0 saturated heterocycles. The monoisotopic (exact) mass is 192 g/mol. The first-order valence-electron chi connectivity index (χ1n) is 4.36. The second-order valence-electron chi connectivity index (χ2n) is 3.18. The van der Waals surface area contributed by atoms with Gasteiger partial charge in [0, 0.05) is 0 Å². The molecule has 0 aliphatic carbocycles. The average Bonchev–Trinajstić information content (AvgIpc) is 2.43. The number of nitrogen functional groups attached to an aromatic ring is 1. The van der Waals surface area contributed by atoms with Crippen LogP contribution in [0.4, 0.5) is 5.13 Å². The highest BCUT2D eigenvalue weighted by molar-refractivity contribution is 7.22. The Kier molecular flexibility index (Phi) is 1.96. The minimum Gasteiger partial charge on any atom is -0.375 e. The van der Waals surface area contributed by atoms with Crippen LogP contribution in [0.25, 0.3) is 10.2 Å². The van der Waals surface area contributed by atoms with E-state index in [0.29, 0.717) is 5.13 Å². The number of fused-ring (bicyclic) bond motifs is 1. The molecule has 0 saturated carbocycles. The zero-order valence-corrected chi connectivity index (χ0v) is 8.61. The van der Waals surface area contributed by atoms with Crippen LogP contribution in [0.5, 0.6) is 0 Å². The standard InChI is InChI=1S/C10H12N2S/c1-3-7-4-6(2)5-8-9(7)12-10(11)13-8/h4-5H,3H2,1-2H3,(H2,11,12). The minimum absolute atomic E-state index is 0.662. The van der Waals surface area contributed by atoms with Gasteiger partial charge in [-0.15, -0.1) is 0 Å². The van der Waals surface area contributed by atoms with Crippen LogP contribution in [0.2, 0.25) is 0 Å². The fraction of sp³-hybridized carbons (Fsp3) is 0.300. The van der Waals surface area contributed by atoms with Gasteiger partial charge in [-0.05, 0) is 30.5 Å². The predicted octanol–water partition coefficient (Wildman–Crippen LogP) is 2.75. The molecule has 0 atom stereocenters. The second kappa shape index (κ2) is 3.00. The van der Waals surface area contributed by atoms with Gasteiger partial charge in [-0.1, -0.05) is 24.3 Å². The van der Waals surface area contributed by atoms with Gasteiger partial charge >= 0.3 is 0 Å². The maximum atomic E-state index is 5.67. The second-order valence-corrected chi connectivity index (χ2v) is 4.24. The third-order valence-corrected chi connectivity index (χ3v) is 2.95. The van der Waals surface area contributed by atoms with Crippen LogP contribution in [0.3, 0.4) is 0 Å². The molecule has 2 N–H and O–H groups in total. The van der Waals surface area contributed by atoms with Crippen molar-refractivity contribution in [3.05, 3.63) is 23.3 Å². The van der Waals surface area contributed by atoms with E-state index in [4.69, 9.17) is 5.73 Å². The molecule has 0 radical (unpaired) electrons. The van der Waals surface area contributed by atoms with Crippen molar-refractivity contribution in [2.45, 2.75) is 20.3 Å². The third-order valence-electron chi connectivity index (χ3n) is 2.12. The molecule has 2 nitrogen and oxygen atoms in total. The fourth-order valence-electron chi connectivity index (χ4n) is 1.54. The van der Waals surface area contributed by atoms with E-state index < -0.39 is 0 Å². The van der Waals surface area contributed by atoms with Crippen molar-refractivity contribution in [2.75, 3.05) is 5.73 Å². The number of rotatable bonds is 1. The zero-order valence-electron chi connectivity index (χ0n) is 7.79. The van der Waals surface area contributed by atoms with Gasteiger partial charge in [-0.2, -0.15) is 0 Å². The molecule has 3 heteroatoms. The lowest BCUT2D eigenvalue weighted by Gasteiger charge is -1.99. The summed E-state index contributed by atoms with van der Waals surface area (Å²) in [6.45, 7) is 4.25. The summed E-state index contributed by atoms with van der Waals surface area (Å²) >= 11 is 1.56. The molecule has 1 aromatic heterocycles. The molecule has 0 aliphatic rings. The van der Waals surface area contributed by atoms with Crippen LogP contribution in [0, 0.1) is 6.92 Å². The third kappa shape index (κ3) is 1.40. The van der Waals surface area contributed by atoms with E-state index in [9.17, 15) is 0 Å². The molecule has 2 rings (SSSR count). The number of aromatic nitrogens is 1. The van der Waals surface area contributed by atoms with Crippen molar-refractivity contribution >= 4 is 26.7 Å². The Morgan fingerprint density at radius 3 is 2.92 bits per heavy atom. The summed E-state index contributed by atoms with van der Waals surface area (Å²) in [5.41, 5.74) is 9.33. The number of benzene rings is 1. The first kappa shape index (κ1) is 8.51. The molecule has 13 heavy (non-hydrogen) atoms. The normalized spacial score (nSPS) is 10.9. The van der Waals surface area contributed by atoms with E-state index in [-0.39, 0.29) is 0 Å².